The van der Waals surface area contributed by atoms with E-state index in [1.807, 2.05) is 25.2 Å². The van der Waals surface area contributed by atoms with E-state index in [0.29, 0.717) is 11.0 Å². The van der Waals surface area contributed by atoms with E-state index in [0.717, 1.165) is 10.8 Å². The summed E-state index contributed by atoms with van der Waals surface area (Å²) in [5.41, 5.74) is 1.17. The number of rotatable bonds is 4. The van der Waals surface area contributed by atoms with Crippen LogP contribution in [0.5, 0.6) is 0 Å². The van der Waals surface area contributed by atoms with Crippen molar-refractivity contribution in [2.24, 2.45) is 0 Å². The number of hydrogen-bond donors (Lipinski definition) is 0. The predicted octanol–water partition coefficient (Wildman–Crippen LogP) is 4.04. The highest BCUT2D eigenvalue weighted by atomic mass is 35.5. The van der Waals surface area contributed by atoms with Crippen LogP contribution in [0.1, 0.15) is 24.4 Å². The second-order valence-corrected chi connectivity index (χ2v) is 5.88. The normalized spacial score (nSPS) is 12.9. The molecule has 1 aromatic carbocycles. The maximum atomic E-state index is 6.00. The van der Waals surface area contributed by atoms with Crippen LogP contribution in [0.3, 0.4) is 0 Å². The van der Waals surface area contributed by atoms with Crippen molar-refractivity contribution in [2.75, 3.05) is 7.05 Å². The average molecular weight is 302 g/mol. The van der Waals surface area contributed by atoms with Gasteiger partial charge < -0.3 is 0 Å². The van der Waals surface area contributed by atoms with Crippen LogP contribution in [0.4, 0.5) is 0 Å². The van der Waals surface area contributed by atoms with Crippen molar-refractivity contribution < 1.29 is 0 Å². The van der Waals surface area contributed by atoms with Crippen LogP contribution >= 0.6 is 34.7 Å². The molecule has 18 heavy (non-hydrogen) atoms. The summed E-state index contributed by atoms with van der Waals surface area (Å²) in [5, 5.41) is 0.752. The van der Waals surface area contributed by atoms with Crippen molar-refractivity contribution in [2.45, 2.75) is 19.5 Å². The third-order valence-electron chi connectivity index (χ3n) is 2.83. The minimum atomic E-state index is 0.242. The van der Waals surface area contributed by atoms with Crippen LogP contribution in [0, 0.1) is 0 Å². The van der Waals surface area contributed by atoms with Gasteiger partial charge in [-0.3, -0.25) is 4.90 Å². The van der Waals surface area contributed by atoms with E-state index in [4.69, 9.17) is 23.2 Å². The molecule has 0 saturated heterocycles. The third-order valence-corrected chi connectivity index (χ3v) is 3.90. The molecule has 0 unspecified atom stereocenters. The molecule has 0 bridgehead atoms. The lowest BCUT2D eigenvalue weighted by Crippen LogP contribution is -2.22. The van der Waals surface area contributed by atoms with Gasteiger partial charge in [0, 0.05) is 11.1 Å². The first-order valence-electron chi connectivity index (χ1n) is 5.50. The van der Waals surface area contributed by atoms with Crippen LogP contribution in [-0.4, -0.2) is 21.3 Å². The number of nitrogens with zero attached hydrogens (tertiary/aromatic N) is 3. The lowest BCUT2D eigenvalue weighted by Gasteiger charge is -2.23. The summed E-state index contributed by atoms with van der Waals surface area (Å²) in [7, 11) is 2.03. The van der Waals surface area contributed by atoms with Gasteiger partial charge in [-0.05, 0) is 54.8 Å². The van der Waals surface area contributed by atoms with Gasteiger partial charge in [0.05, 0.1) is 6.54 Å². The lowest BCUT2D eigenvalue weighted by molar-refractivity contribution is 0.248. The van der Waals surface area contributed by atoms with Gasteiger partial charge in [0.15, 0.2) is 5.82 Å². The Kier molecular flexibility index (Phi) is 4.56. The largest absolute Gasteiger partial charge is 0.292 e. The smallest absolute Gasteiger partial charge is 0.203 e. The molecule has 2 rings (SSSR count). The molecule has 0 N–H and O–H groups in total. The number of hydrogen-bond acceptors (Lipinski definition) is 4. The van der Waals surface area contributed by atoms with Gasteiger partial charge in [-0.25, -0.2) is 4.98 Å². The number of halogens is 2. The van der Waals surface area contributed by atoms with Crippen LogP contribution in [0.2, 0.25) is 9.49 Å². The third kappa shape index (κ3) is 3.42. The SMILES string of the molecule is C[C@@H](c1cccc(Cl)c1)N(C)Cc1nsc(Cl)n1. The zero-order valence-corrected chi connectivity index (χ0v) is 12.4. The molecule has 1 atom stereocenters. The van der Waals surface area contributed by atoms with Gasteiger partial charge in [0.25, 0.3) is 0 Å². The molecular formula is C12H13Cl2N3S. The molecule has 2 aromatic rings. The summed E-state index contributed by atoms with van der Waals surface area (Å²) in [6.45, 7) is 2.79. The van der Waals surface area contributed by atoms with Crippen molar-refractivity contribution in [3.8, 4) is 0 Å². The molecule has 96 valence electrons. The van der Waals surface area contributed by atoms with Crippen molar-refractivity contribution in [3.63, 3.8) is 0 Å². The van der Waals surface area contributed by atoms with Crippen molar-refractivity contribution >= 4 is 34.7 Å². The summed E-state index contributed by atoms with van der Waals surface area (Å²) in [6.07, 6.45) is 0. The quantitative estimate of drug-likeness (QED) is 0.853. The Morgan fingerprint density at radius 3 is 2.78 bits per heavy atom. The van der Waals surface area contributed by atoms with Gasteiger partial charge in [0.1, 0.15) is 0 Å². The summed E-state index contributed by atoms with van der Waals surface area (Å²) >= 11 is 13.0. The van der Waals surface area contributed by atoms with E-state index in [-0.39, 0.29) is 6.04 Å². The van der Waals surface area contributed by atoms with Gasteiger partial charge in [-0.2, -0.15) is 4.37 Å². The van der Waals surface area contributed by atoms with E-state index < -0.39 is 0 Å². The van der Waals surface area contributed by atoms with Gasteiger partial charge >= 0.3 is 0 Å². The molecule has 0 aliphatic rings. The Labute approximate surface area is 121 Å². The van der Waals surface area contributed by atoms with Gasteiger partial charge in [-0.1, -0.05) is 23.7 Å². The Morgan fingerprint density at radius 1 is 1.39 bits per heavy atom. The first-order valence-corrected chi connectivity index (χ1v) is 7.03. The van der Waals surface area contributed by atoms with E-state index in [2.05, 4.69) is 27.2 Å². The summed E-state index contributed by atoms with van der Waals surface area (Å²) in [5.74, 6) is 0.751. The lowest BCUT2D eigenvalue weighted by atomic mass is 10.1. The zero-order chi connectivity index (χ0) is 13.1. The van der Waals surface area contributed by atoms with Crippen LogP contribution in [0.25, 0.3) is 0 Å². The maximum absolute atomic E-state index is 6.00. The fourth-order valence-corrected chi connectivity index (χ4v) is 2.50. The van der Waals surface area contributed by atoms with Crippen molar-refractivity contribution in [3.05, 3.63) is 45.1 Å². The molecule has 0 aliphatic carbocycles. The predicted molar refractivity (Wildman–Crippen MR) is 76.3 cm³/mol. The molecule has 1 heterocycles. The molecule has 0 amide bonds. The highest BCUT2D eigenvalue weighted by molar-refractivity contribution is 7.10. The van der Waals surface area contributed by atoms with Crippen LogP contribution < -0.4 is 0 Å². The molecule has 0 fully saturated rings. The highest BCUT2D eigenvalue weighted by Gasteiger charge is 2.14. The fraction of sp³-hybridized carbons (Fsp3) is 0.333. The van der Waals surface area contributed by atoms with E-state index >= 15 is 0 Å². The fourth-order valence-electron chi connectivity index (χ4n) is 1.68. The average Bonchev–Trinajstić information content (AvgIpc) is 2.73. The molecule has 0 radical (unpaired) electrons. The van der Waals surface area contributed by atoms with Crippen LogP contribution in [-0.2, 0) is 6.54 Å². The molecule has 0 spiro atoms. The highest BCUT2D eigenvalue weighted by Crippen LogP contribution is 2.23. The summed E-state index contributed by atoms with van der Waals surface area (Å²) in [6, 6.07) is 8.11. The minimum absolute atomic E-state index is 0.242. The number of aromatic nitrogens is 2. The molecule has 0 saturated carbocycles. The topological polar surface area (TPSA) is 29.0 Å². The molecule has 0 aliphatic heterocycles. The van der Waals surface area contributed by atoms with E-state index in [9.17, 15) is 0 Å². The van der Waals surface area contributed by atoms with Crippen LogP contribution in [0.15, 0.2) is 24.3 Å². The standard InChI is InChI=1S/C12H13Cl2N3S/c1-8(9-4-3-5-10(13)6-9)17(2)7-11-15-12(14)18-16-11/h3-6,8H,7H2,1-2H3/t8-/m0/s1. The second-order valence-electron chi connectivity index (χ2n) is 4.11. The molecule has 3 nitrogen and oxygen atoms in total. The molecule has 6 heteroatoms. The second kappa shape index (κ2) is 5.97. The maximum Gasteiger partial charge on any atom is 0.203 e. The Hall–Kier alpha value is -0.680. The summed E-state index contributed by atoms with van der Waals surface area (Å²) in [4.78, 5) is 6.31. The molecule has 1 aromatic heterocycles. The van der Waals surface area contributed by atoms with E-state index in [1.165, 1.54) is 17.1 Å². The van der Waals surface area contributed by atoms with Gasteiger partial charge in [-0.15, -0.1) is 0 Å². The first kappa shape index (κ1) is 13.7. The van der Waals surface area contributed by atoms with Gasteiger partial charge in [0.2, 0.25) is 4.47 Å². The molecular weight excluding hydrogens is 289 g/mol. The Balaban J connectivity index is 2.06. The number of benzene rings is 1. The van der Waals surface area contributed by atoms with Crippen molar-refractivity contribution in [1.82, 2.24) is 14.3 Å². The monoisotopic (exact) mass is 301 g/mol. The zero-order valence-electron chi connectivity index (χ0n) is 10.1. The minimum Gasteiger partial charge on any atom is -0.292 e. The summed E-state index contributed by atoms with van der Waals surface area (Å²) < 4.78 is 4.66. The Morgan fingerprint density at radius 2 is 2.17 bits per heavy atom. The van der Waals surface area contributed by atoms with E-state index in [1.54, 1.807) is 0 Å². The van der Waals surface area contributed by atoms with Crippen molar-refractivity contribution in [1.29, 1.82) is 0 Å². The Bertz CT molecular complexity index is 530. The first-order chi connectivity index (χ1) is 8.56.